The number of rotatable bonds is 3. The fourth-order valence-electron chi connectivity index (χ4n) is 1.49. The molecule has 2 aromatic heterocycles. The van der Waals surface area contributed by atoms with Crippen molar-refractivity contribution in [3.63, 3.8) is 0 Å². The molecule has 2 heterocycles. The summed E-state index contributed by atoms with van der Waals surface area (Å²) in [6.45, 7) is 0. The Kier molecular flexibility index (Phi) is 3.19. The monoisotopic (exact) mass is 248 g/mol. The largest absolute Gasteiger partial charge is 0.255 e. The molecule has 0 aromatic carbocycles. The van der Waals surface area contributed by atoms with E-state index in [0.29, 0.717) is 11.4 Å². The standard InChI is InChI=1S/C12H12N2O2S/c1-17(15,16)9-10-5-4-7-12(14-10)11-6-2-3-8-13-11/h2-8H,9H2,1H3. The van der Waals surface area contributed by atoms with Crippen LogP contribution in [0.3, 0.4) is 0 Å². The molecule has 0 unspecified atom stereocenters. The Morgan fingerprint density at radius 1 is 1.06 bits per heavy atom. The molecule has 0 aliphatic heterocycles. The number of hydrogen-bond donors (Lipinski definition) is 0. The van der Waals surface area contributed by atoms with Crippen LogP contribution in [0.25, 0.3) is 11.4 Å². The minimum atomic E-state index is -3.06. The molecule has 0 bridgehead atoms. The lowest BCUT2D eigenvalue weighted by Gasteiger charge is -2.02. The van der Waals surface area contributed by atoms with E-state index < -0.39 is 9.84 Å². The molecule has 0 aliphatic carbocycles. The highest BCUT2D eigenvalue weighted by atomic mass is 32.2. The summed E-state index contributed by atoms with van der Waals surface area (Å²) in [6.07, 6.45) is 2.88. The average molecular weight is 248 g/mol. The summed E-state index contributed by atoms with van der Waals surface area (Å²) >= 11 is 0. The normalized spacial score (nSPS) is 11.4. The van der Waals surface area contributed by atoms with Gasteiger partial charge in [-0.2, -0.15) is 0 Å². The zero-order valence-corrected chi connectivity index (χ0v) is 10.2. The lowest BCUT2D eigenvalue weighted by molar-refractivity contribution is 0.600. The molecule has 0 saturated heterocycles. The van der Waals surface area contributed by atoms with Crippen LogP contribution in [0.4, 0.5) is 0 Å². The van der Waals surface area contributed by atoms with Crippen molar-refractivity contribution in [3.8, 4) is 11.4 Å². The van der Waals surface area contributed by atoms with E-state index in [4.69, 9.17) is 0 Å². The summed E-state index contributed by atoms with van der Waals surface area (Å²) < 4.78 is 22.4. The van der Waals surface area contributed by atoms with Gasteiger partial charge in [0.1, 0.15) is 0 Å². The van der Waals surface area contributed by atoms with E-state index in [1.165, 1.54) is 6.26 Å². The minimum absolute atomic E-state index is 0.0479. The van der Waals surface area contributed by atoms with Crippen LogP contribution in [0, 0.1) is 0 Å². The Morgan fingerprint density at radius 2 is 1.82 bits per heavy atom. The molecule has 0 aliphatic rings. The van der Waals surface area contributed by atoms with Crippen LogP contribution in [0.2, 0.25) is 0 Å². The van der Waals surface area contributed by atoms with Gasteiger partial charge < -0.3 is 0 Å². The molecule has 0 radical (unpaired) electrons. The first-order chi connectivity index (χ1) is 8.04. The third kappa shape index (κ3) is 3.35. The van der Waals surface area contributed by atoms with E-state index in [9.17, 15) is 8.42 Å². The predicted octanol–water partition coefficient (Wildman–Crippen LogP) is 1.69. The van der Waals surface area contributed by atoms with Crippen molar-refractivity contribution >= 4 is 9.84 Å². The van der Waals surface area contributed by atoms with E-state index in [1.54, 1.807) is 18.3 Å². The second-order valence-electron chi connectivity index (χ2n) is 3.80. The minimum Gasteiger partial charge on any atom is -0.255 e. The van der Waals surface area contributed by atoms with Crippen molar-refractivity contribution in [2.24, 2.45) is 0 Å². The fraction of sp³-hybridized carbons (Fsp3) is 0.167. The number of aromatic nitrogens is 2. The van der Waals surface area contributed by atoms with Gasteiger partial charge in [0.15, 0.2) is 9.84 Å². The Hall–Kier alpha value is -1.75. The fourth-order valence-corrected chi connectivity index (χ4v) is 2.18. The smallest absolute Gasteiger partial charge is 0.153 e. The first kappa shape index (κ1) is 11.7. The highest BCUT2D eigenvalue weighted by Crippen LogP contribution is 2.14. The van der Waals surface area contributed by atoms with Gasteiger partial charge in [-0.05, 0) is 24.3 Å². The molecule has 0 amide bonds. The van der Waals surface area contributed by atoms with Crippen LogP contribution in [0.5, 0.6) is 0 Å². The number of pyridine rings is 2. The van der Waals surface area contributed by atoms with Crippen molar-refractivity contribution in [2.45, 2.75) is 5.75 Å². The SMILES string of the molecule is CS(=O)(=O)Cc1cccc(-c2ccccn2)n1. The topological polar surface area (TPSA) is 59.9 Å². The van der Waals surface area contributed by atoms with Gasteiger partial charge in [-0.25, -0.2) is 8.42 Å². The maximum absolute atomic E-state index is 11.2. The Bertz CT molecular complexity index is 609. The summed E-state index contributed by atoms with van der Waals surface area (Å²) in [5, 5.41) is 0. The first-order valence-corrected chi connectivity index (χ1v) is 7.16. The Balaban J connectivity index is 2.36. The Labute approximate surface area is 100 Å². The summed E-state index contributed by atoms with van der Waals surface area (Å²) in [6, 6.07) is 10.8. The van der Waals surface area contributed by atoms with Crippen LogP contribution in [0.1, 0.15) is 5.69 Å². The quantitative estimate of drug-likeness (QED) is 0.829. The van der Waals surface area contributed by atoms with Crippen molar-refractivity contribution in [2.75, 3.05) is 6.26 Å². The highest BCUT2D eigenvalue weighted by Gasteiger charge is 2.07. The van der Waals surface area contributed by atoms with Gasteiger partial charge in [0.25, 0.3) is 0 Å². The average Bonchev–Trinajstić information content (AvgIpc) is 2.28. The van der Waals surface area contributed by atoms with E-state index in [1.807, 2.05) is 24.3 Å². The van der Waals surface area contributed by atoms with Crippen LogP contribution >= 0.6 is 0 Å². The van der Waals surface area contributed by atoms with Crippen molar-refractivity contribution < 1.29 is 8.42 Å². The van der Waals surface area contributed by atoms with Gasteiger partial charge in [0.05, 0.1) is 22.8 Å². The number of sulfone groups is 1. The molecule has 17 heavy (non-hydrogen) atoms. The molecule has 4 nitrogen and oxygen atoms in total. The third-order valence-electron chi connectivity index (χ3n) is 2.14. The van der Waals surface area contributed by atoms with Gasteiger partial charge in [-0.3, -0.25) is 9.97 Å². The summed E-state index contributed by atoms with van der Waals surface area (Å²) in [4.78, 5) is 8.46. The van der Waals surface area contributed by atoms with E-state index in [0.717, 1.165) is 5.69 Å². The van der Waals surface area contributed by atoms with E-state index in [2.05, 4.69) is 9.97 Å². The second-order valence-corrected chi connectivity index (χ2v) is 5.94. The predicted molar refractivity (Wildman–Crippen MR) is 66.0 cm³/mol. The zero-order chi connectivity index (χ0) is 12.3. The molecule has 2 rings (SSSR count). The molecule has 0 saturated carbocycles. The van der Waals surface area contributed by atoms with Crippen molar-refractivity contribution in [1.29, 1.82) is 0 Å². The van der Waals surface area contributed by atoms with Crippen LogP contribution in [-0.4, -0.2) is 24.6 Å². The molecule has 5 heteroatoms. The molecule has 0 spiro atoms. The van der Waals surface area contributed by atoms with Gasteiger partial charge in [0.2, 0.25) is 0 Å². The van der Waals surface area contributed by atoms with Gasteiger partial charge in [-0.1, -0.05) is 12.1 Å². The summed E-state index contributed by atoms with van der Waals surface area (Å²) in [5.41, 5.74) is 1.96. The van der Waals surface area contributed by atoms with Crippen LogP contribution in [-0.2, 0) is 15.6 Å². The maximum Gasteiger partial charge on any atom is 0.153 e. The number of nitrogens with zero attached hydrogens (tertiary/aromatic N) is 2. The highest BCUT2D eigenvalue weighted by molar-refractivity contribution is 7.89. The van der Waals surface area contributed by atoms with Crippen LogP contribution < -0.4 is 0 Å². The van der Waals surface area contributed by atoms with Crippen molar-refractivity contribution in [3.05, 3.63) is 48.3 Å². The van der Waals surface area contributed by atoms with E-state index in [-0.39, 0.29) is 5.75 Å². The lowest BCUT2D eigenvalue weighted by atomic mass is 10.2. The molecule has 0 fully saturated rings. The van der Waals surface area contributed by atoms with E-state index >= 15 is 0 Å². The van der Waals surface area contributed by atoms with Crippen molar-refractivity contribution in [1.82, 2.24) is 9.97 Å². The molecular weight excluding hydrogens is 236 g/mol. The number of hydrogen-bond acceptors (Lipinski definition) is 4. The van der Waals surface area contributed by atoms with Gasteiger partial charge in [-0.15, -0.1) is 0 Å². The summed E-state index contributed by atoms with van der Waals surface area (Å²) in [5.74, 6) is -0.0479. The maximum atomic E-state index is 11.2. The lowest BCUT2D eigenvalue weighted by Crippen LogP contribution is -2.03. The zero-order valence-electron chi connectivity index (χ0n) is 9.37. The van der Waals surface area contributed by atoms with Crippen LogP contribution in [0.15, 0.2) is 42.6 Å². The molecule has 0 atom stereocenters. The van der Waals surface area contributed by atoms with Gasteiger partial charge in [0, 0.05) is 12.5 Å². The first-order valence-electron chi connectivity index (χ1n) is 5.10. The van der Waals surface area contributed by atoms with Gasteiger partial charge >= 0.3 is 0 Å². The molecule has 2 aromatic rings. The molecule has 0 N–H and O–H groups in total. The Morgan fingerprint density at radius 3 is 2.47 bits per heavy atom. The second kappa shape index (κ2) is 4.63. The summed E-state index contributed by atoms with van der Waals surface area (Å²) in [7, 11) is -3.06. The molecular formula is C12H12N2O2S. The molecule has 88 valence electrons. The third-order valence-corrected chi connectivity index (χ3v) is 2.96.